The van der Waals surface area contributed by atoms with Gasteiger partial charge in [-0.2, -0.15) is 13.2 Å². The Morgan fingerprint density at radius 3 is 2.69 bits per heavy atom. The summed E-state index contributed by atoms with van der Waals surface area (Å²) in [5, 5.41) is 12.2. The average Bonchev–Trinajstić information content (AvgIpc) is 2.97. The third-order valence-electron chi connectivity index (χ3n) is 4.44. The number of halogens is 4. The number of hydrogen-bond donors (Lipinski definition) is 2. The maximum Gasteiger partial charge on any atom is 0.418 e. The number of phenolic OH excluding ortho intramolecular Hbond substituents is 1. The van der Waals surface area contributed by atoms with Gasteiger partial charge in [-0.25, -0.2) is 0 Å². The molecular formula is C21H16BrF3N2O3S2. The number of benzene rings is 2. The molecule has 0 radical (unpaired) electrons. The minimum atomic E-state index is -4.58. The van der Waals surface area contributed by atoms with Crippen LogP contribution in [0.15, 0.2) is 51.8 Å². The lowest BCUT2D eigenvalue weighted by Gasteiger charge is -2.15. The second-order valence-corrected chi connectivity index (χ2v) is 9.32. The number of anilines is 1. The molecule has 2 N–H and O–H groups in total. The molecule has 0 aliphatic carbocycles. The second kappa shape index (κ2) is 10.1. The Morgan fingerprint density at radius 2 is 1.97 bits per heavy atom. The van der Waals surface area contributed by atoms with E-state index in [-0.39, 0.29) is 36.7 Å². The van der Waals surface area contributed by atoms with Gasteiger partial charge in [-0.05, 0) is 42.8 Å². The van der Waals surface area contributed by atoms with Crippen LogP contribution in [0, 0.1) is 0 Å². The van der Waals surface area contributed by atoms with Gasteiger partial charge in [0.25, 0.3) is 5.91 Å². The second-order valence-electron chi connectivity index (χ2n) is 6.73. The summed E-state index contributed by atoms with van der Waals surface area (Å²) in [6, 6.07) is 9.54. The zero-order valence-corrected chi connectivity index (χ0v) is 19.5. The van der Waals surface area contributed by atoms with E-state index in [2.05, 4.69) is 21.2 Å². The number of hydrogen-bond acceptors (Lipinski definition) is 5. The molecule has 0 atom stereocenters. The number of thiocarbonyl (C=S) groups is 1. The lowest BCUT2D eigenvalue weighted by molar-refractivity contribution is -0.137. The highest BCUT2D eigenvalue weighted by molar-refractivity contribution is 9.10. The van der Waals surface area contributed by atoms with Crippen molar-refractivity contribution in [2.45, 2.75) is 19.0 Å². The van der Waals surface area contributed by atoms with Crippen LogP contribution < -0.4 is 5.32 Å². The van der Waals surface area contributed by atoms with Crippen LogP contribution >= 0.6 is 39.9 Å². The molecule has 1 fully saturated rings. The van der Waals surface area contributed by atoms with Gasteiger partial charge < -0.3 is 10.4 Å². The molecule has 2 aromatic rings. The number of carbonyl (C=O) groups excluding carboxylic acids is 2. The normalized spacial score (nSPS) is 15.5. The van der Waals surface area contributed by atoms with Crippen molar-refractivity contribution in [3.05, 3.63) is 63.0 Å². The Kier molecular flexibility index (Phi) is 7.63. The molecule has 3 rings (SSSR count). The summed E-state index contributed by atoms with van der Waals surface area (Å²) in [5.74, 6) is -0.946. The first-order chi connectivity index (χ1) is 15.1. The Hall–Kier alpha value is -2.37. The molecule has 0 unspecified atom stereocenters. The zero-order valence-electron chi connectivity index (χ0n) is 16.3. The molecule has 2 amide bonds. The maximum atomic E-state index is 13.0. The van der Waals surface area contributed by atoms with Gasteiger partial charge in [-0.15, -0.1) is 0 Å². The van der Waals surface area contributed by atoms with Crippen LogP contribution in [0.5, 0.6) is 5.75 Å². The molecule has 0 saturated carbocycles. The number of phenols is 1. The Labute approximate surface area is 199 Å². The summed E-state index contributed by atoms with van der Waals surface area (Å²) in [6.45, 7) is 0.140. The van der Waals surface area contributed by atoms with E-state index < -0.39 is 17.6 Å². The van der Waals surface area contributed by atoms with Gasteiger partial charge >= 0.3 is 6.18 Å². The van der Waals surface area contributed by atoms with Crippen molar-refractivity contribution < 1.29 is 27.9 Å². The van der Waals surface area contributed by atoms with Gasteiger partial charge in [0.1, 0.15) is 10.1 Å². The van der Waals surface area contributed by atoms with Crippen molar-refractivity contribution in [3.63, 3.8) is 0 Å². The fourth-order valence-corrected chi connectivity index (χ4v) is 4.60. The van der Waals surface area contributed by atoms with E-state index in [0.717, 1.165) is 22.3 Å². The van der Waals surface area contributed by atoms with E-state index in [1.54, 1.807) is 12.1 Å². The van der Waals surface area contributed by atoms with Crippen molar-refractivity contribution in [1.82, 2.24) is 4.90 Å². The number of aromatic hydroxyl groups is 1. The summed E-state index contributed by atoms with van der Waals surface area (Å²) in [6.07, 6.45) is -2.93. The number of rotatable bonds is 6. The first kappa shape index (κ1) is 24.3. The largest absolute Gasteiger partial charge is 0.507 e. The minimum absolute atomic E-state index is 0.00859. The van der Waals surface area contributed by atoms with E-state index in [9.17, 15) is 27.9 Å². The topological polar surface area (TPSA) is 69.6 Å². The SMILES string of the molecule is O=C(CCCN1C(=O)/C(=C/c2cc(Br)ccc2O)SC1=S)Nc1ccccc1C(F)(F)F. The van der Waals surface area contributed by atoms with Gasteiger partial charge in [-0.3, -0.25) is 14.5 Å². The number of amides is 2. The number of thioether (sulfide) groups is 1. The molecule has 0 bridgehead atoms. The lowest BCUT2D eigenvalue weighted by Crippen LogP contribution is -2.29. The maximum absolute atomic E-state index is 13.0. The molecule has 32 heavy (non-hydrogen) atoms. The third-order valence-corrected chi connectivity index (χ3v) is 6.31. The number of carbonyl (C=O) groups is 2. The Bertz CT molecular complexity index is 1110. The van der Waals surface area contributed by atoms with Gasteiger partial charge in [0.2, 0.25) is 5.91 Å². The average molecular weight is 545 g/mol. The predicted octanol–water partition coefficient (Wildman–Crippen LogP) is 5.79. The molecule has 168 valence electrons. The summed E-state index contributed by atoms with van der Waals surface area (Å²) >= 11 is 9.62. The standard InChI is InChI=1S/C21H16BrF3N2O3S2/c22-13-7-8-16(28)12(10-13)11-17-19(30)27(20(31)32-17)9-3-6-18(29)26-15-5-2-1-4-14(15)21(23,24)25/h1-2,4-5,7-8,10-11,28H,3,6,9H2,(H,26,29)/b17-11-. The van der Waals surface area contributed by atoms with Crippen LogP contribution in [0.1, 0.15) is 24.0 Å². The molecule has 1 aliphatic rings. The first-order valence-electron chi connectivity index (χ1n) is 9.26. The van der Waals surface area contributed by atoms with E-state index >= 15 is 0 Å². The highest BCUT2D eigenvalue weighted by Gasteiger charge is 2.34. The van der Waals surface area contributed by atoms with Gasteiger partial charge in [0.05, 0.1) is 16.2 Å². The molecule has 11 heteroatoms. The van der Waals surface area contributed by atoms with Crippen molar-refractivity contribution in [1.29, 1.82) is 0 Å². The van der Waals surface area contributed by atoms with Gasteiger partial charge in [0, 0.05) is 23.0 Å². The quantitative estimate of drug-likeness (QED) is 0.355. The molecule has 1 aliphatic heterocycles. The Balaban J connectivity index is 1.59. The van der Waals surface area contributed by atoms with E-state index in [1.165, 1.54) is 35.2 Å². The summed E-state index contributed by atoms with van der Waals surface area (Å²) < 4.78 is 40.2. The van der Waals surface area contributed by atoms with Crippen molar-refractivity contribution >= 4 is 67.8 Å². The number of nitrogens with one attached hydrogen (secondary N) is 1. The molecule has 1 saturated heterocycles. The van der Waals surface area contributed by atoms with Crippen molar-refractivity contribution in [2.24, 2.45) is 0 Å². The Morgan fingerprint density at radius 1 is 1.25 bits per heavy atom. The van der Waals surface area contributed by atoms with Gasteiger partial charge in [-0.1, -0.05) is 52.0 Å². The fraction of sp³-hybridized carbons (Fsp3) is 0.190. The molecule has 0 spiro atoms. The summed E-state index contributed by atoms with van der Waals surface area (Å²) in [5.41, 5.74) is -0.791. The zero-order chi connectivity index (χ0) is 23.5. The van der Waals surface area contributed by atoms with Crippen LogP contribution in [0.3, 0.4) is 0 Å². The predicted molar refractivity (Wildman–Crippen MR) is 125 cm³/mol. The van der Waals surface area contributed by atoms with Crippen molar-refractivity contribution in [3.8, 4) is 5.75 Å². The molecular weight excluding hydrogens is 529 g/mol. The van der Waals surface area contributed by atoms with Crippen molar-refractivity contribution in [2.75, 3.05) is 11.9 Å². The summed E-state index contributed by atoms with van der Waals surface area (Å²) in [4.78, 5) is 26.5. The number of nitrogens with zero attached hydrogens (tertiary/aromatic N) is 1. The first-order valence-corrected chi connectivity index (χ1v) is 11.3. The minimum Gasteiger partial charge on any atom is -0.507 e. The van der Waals surface area contributed by atoms with E-state index in [4.69, 9.17) is 12.2 Å². The smallest absolute Gasteiger partial charge is 0.418 e. The molecule has 0 aromatic heterocycles. The third kappa shape index (κ3) is 5.90. The molecule has 2 aromatic carbocycles. The summed E-state index contributed by atoms with van der Waals surface area (Å²) in [7, 11) is 0. The van der Waals surface area contributed by atoms with Crippen LogP contribution in [0.4, 0.5) is 18.9 Å². The highest BCUT2D eigenvalue weighted by Crippen LogP contribution is 2.36. The monoisotopic (exact) mass is 544 g/mol. The van der Waals surface area contributed by atoms with E-state index in [0.29, 0.717) is 14.8 Å². The van der Waals surface area contributed by atoms with Crippen LogP contribution in [0.25, 0.3) is 6.08 Å². The lowest BCUT2D eigenvalue weighted by atomic mass is 10.1. The van der Waals surface area contributed by atoms with Gasteiger partial charge in [0.15, 0.2) is 0 Å². The van der Waals surface area contributed by atoms with Crippen LogP contribution in [0.2, 0.25) is 0 Å². The molecule has 1 heterocycles. The van der Waals surface area contributed by atoms with E-state index in [1.807, 2.05) is 0 Å². The van der Waals surface area contributed by atoms with Crippen LogP contribution in [-0.2, 0) is 15.8 Å². The fourth-order valence-electron chi connectivity index (χ4n) is 2.92. The number of para-hydroxylation sites is 1. The number of alkyl halides is 3. The van der Waals surface area contributed by atoms with Crippen LogP contribution in [-0.4, -0.2) is 32.7 Å². The highest BCUT2D eigenvalue weighted by atomic mass is 79.9. The molecule has 5 nitrogen and oxygen atoms in total.